The van der Waals surface area contributed by atoms with Gasteiger partial charge < -0.3 is 44.8 Å². The van der Waals surface area contributed by atoms with Crippen molar-refractivity contribution < 1.29 is 59.0 Å². The Morgan fingerprint density at radius 1 is 1.14 bits per heavy atom. The van der Waals surface area contributed by atoms with Gasteiger partial charge in [-0.05, 0) is 6.07 Å². The van der Waals surface area contributed by atoms with Crippen LogP contribution in [0.15, 0.2) is 55.1 Å². The molecule has 0 radical (unpaired) electrons. The average molecular weight is 509 g/mol. The largest absolute Gasteiger partial charge is 0.481 e. The van der Waals surface area contributed by atoms with Gasteiger partial charge in [-0.2, -0.15) is 0 Å². The molecule has 36 heavy (non-hydrogen) atoms. The minimum absolute atomic E-state index is 0.0563. The van der Waals surface area contributed by atoms with E-state index in [1.807, 2.05) is 0 Å². The third-order valence-electron chi connectivity index (χ3n) is 6.01. The summed E-state index contributed by atoms with van der Waals surface area (Å²) in [5, 5.41) is 58.2. The summed E-state index contributed by atoms with van der Waals surface area (Å²) >= 11 is 0. The molecular weight excluding hydrogens is 478 g/mol. The SMILES string of the molecule is C=C[C@H]1[C@H](O[C@@H]2O[C@H](CO)[C@@H](O)[C@H](O)[C@H]2O)OC=C(C(=O)O)[C@H]1/C=C/c1ccc[n+](CCC(=O)O)c1. The lowest BCUT2D eigenvalue weighted by molar-refractivity contribution is -0.696. The molecule has 8 atom stereocenters. The van der Waals surface area contributed by atoms with Crippen molar-refractivity contribution in [3.8, 4) is 0 Å². The van der Waals surface area contributed by atoms with Crippen molar-refractivity contribution in [2.45, 2.75) is 50.0 Å². The number of carboxylic acids is 2. The Morgan fingerprint density at radius 3 is 2.53 bits per heavy atom. The van der Waals surface area contributed by atoms with E-state index in [0.29, 0.717) is 5.56 Å². The lowest BCUT2D eigenvalue weighted by atomic mass is 9.83. The summed E-state index contributed by atoms with van der Waals surface area (Å²) in [5.41, 5.74) is 0.604. The van der Waals surface area contributed by atoms with Gasteiger partial charge in [-0.25, -0.2) is 9.36 Å². The van der Waals surface area contributed by atoms with Crippen LogP contribution in [0.3, 0.4) is 0 Å². The van der Waals surface area contributed by atoms with Crippen molar-refractivity contribution in [1.82, 2.24) is 0 Å². The summed E-state index contributed by atoms with van der Waals surface area (Å²) in [6, 6.07) is 3.50. The molecule has 1 saturated heterocycles. The maximum Gasteiger partial charge on any atom is 0.335 e. The molecule has 1 fully saturated rings. The second kappa shape index (κ2) is 12.2. The second-order valence-electron chi connectivity index (χ2n) is 8.43. The van der Waals surface area contributed by atoms with Crippen LogP contribution in [0.2, 0.25) is 0 Å². The Kier molecular flexibility index (Phi) is 9.31. The number of ether oxygens (including phenoxy) is 3. The molecule has 0 aliphatic carbocycles. The average Bonchev–Trinajstić information content (AvgIpc) is 2.86. The van der Waals surface area contributed by atoms with Gasteiger partial charge in [0.1, 0.15) is 30.8 Å². The zero-order chi connectivity index (χ0) is 26.4. The molecule has 0 spiro atoms. The number of aliphatic hydroxyl groups excluding tert-OH is 4. The molecule has 1 aromatic rings. The van der Waals surface area contributed by atoms with E-state index in [9.17, 15) is 35.1 Å². The Labute approximate surface area is 206 Å². The lowest BCUT2D eigenvalue weighted by Gasteiger charge is -2.42. The highest BCUT2D eigenvalue weighted by atomic mass is 16.8. The molecule has 0 saturated carbocycles. The van der Waals surface area contributed by atoms with Crippen LogP contribution >= 0.6 is 0 Å². The molecule has 2 aliphatic heterocycles. The smallest absolute Gasteiger partial charge is 0.335 e. The fourth-order valence-electron chi connectivity index (χ4n) is 4.02. The van der Waals surface area contributed by atoms with Crippen LogP contribution in [0.25, 0.3) is 6.08 Å². The summed E-state index contributed by atoms with van der Waals surface area (Å²) < 4.78 is 18.2. The number of aliphatic hydroxyl groups is 4. The molecule has 196 valence electrons. The Hall–Kier alpha value is -3.13. The highest BCUT2D eigenvalue weighted by Crippen LogP contribution is 2.36. The minimum atomic E-state index is -1.67. The topological polar surface area (TPSA) is 187 Å². The summed E-state index contributed by atoms with van der Waals surface area (Å²) in [7, 11) is 0. The van der Waals surface area contributed by atoms with Crippen molar-refractivity contribution in [1.29, 1.82) is 0 Å². The Balaban J connectivity index is 1.82. The molecule has 0 amide bonds. The van der Waals surface area contributed by atoms with Gasteiger partial charge in [-0.15, -0.1) is 6.58 Å². The first kappa shape index (κ1) is 27.5. The third kappa shape index (κ3) is 6.35. The first-order valence-electron chi connectivity index (χ1n) is 11.2. The first-order valence-corrected chi connectivity index (χ1v) is 11.2. The Bertz CT molecular complexity index is 1010. The number of hydrogen-bond donors (Lipinski definition) is 6. The molecule has 0 aromatic carbocycles. The van der Waals surface area contributed by atoms with Crippen molar-refractivity contribution in [3.05, 3.63) is 60.7 Å². The Morgan fingerprint density at radius 2 is 1.89 bits per heavy atom. The van der Waals surface area contributed by atoms with Gasteiger partial charge >= 0.3 is 11.9 Å². The van der Waals surface area contributed by atoms with E-state index in [1.54, 1.807) is 41.2 Å². The molecule has 0 bridgehead atoms. The highest BCUT2D eigenvalue weighted by molar-refractivity contribution is 5.88. The predicted molar refractivity (Wildman–Crippen MR) is 121 cm³/mol. The standard InChI is InChI=1S/C24H29NO11/c1-2-14-15(6-5-13-4-3-8-25(10-13)9-7-18(27)28)16(22(32)33)12-34-23(14)36-24-21(31)20(30)19(29)17(11-26)35-24/h2-6,8,10,12,14-15,17,19-21,23-24,26,29-31H,1,7,9,11H2,(H-,27,28,32,33)/p+1/b6-5+/t14-,15+,17-,19-,20+,21-,23+,24+/m1/s1. The summed E-state index contributed by atoms with van der Waals surface area (Å²) in [5.74, 6) is -3.71. The number of aromatic nitrogens is 1. The maximum absolute atomic E-state index is 11.9. The second-order valence-corrected chi connectivity index (χ2v) is 8.43. The maximum atomic E-state index is 11.9. The molecular formula is C24H30NO11+. The highest BCUT2D eigenvalue weighted by Gasteiger charge is 2.47. The van der Waals surface area contributed by atoms with Crippen LogP contribution in [0.4, 0.5) is 0 Å². The fraction of sp³-hybridized carbons (Fsp3) is 0.458. The van der Waals surface area contributed by atoms with Crippen LogP contribution < -0.4 is 4.57 Å². The van der Waals surface area contributed by atoms with E-state index in [2.05, 4.69) is 6.58 Å². The quantitative estimate of drug-likeness (QED) is 0.168. The van der Waals surface area contributed by atoms with Crippen LogP contribution in [0.5, 0.6) is 0 Å². The number of aryl methyl sites for hydroxylation is 1. The molecule has 2 aliphatic rings. The lowest BCUT2D eigenvalue weighted by Crippen LogP contribution is -2.60. The van der Waals surface area contributed by atoms with Gasteiger partial charge in [0, 0.05) is 17.5 Å². The van der Waals surface area contributed by atoms with Gasteiger partial charge in [-0.3, -0.25) is 4.79 Å². The normalized spacial score (nSPS) is 32.5. The minimum Gasteiger partial charge on any atom is -0.481 e. The number of aliphatic carboxylic acids is 2. The van der Waals surface area contributed by atoms with Crippen molar-refractivity contribution in [3.63, 3.8) is 0 Å². The van der Waals surface area contributed by atoms with E-state index in [0.717, 1.165) is 6.26 Å². The molecule has 3 rings (SSSR count). The monoisotopic (exact) mass is 508 g/mol. The zero-order valence-electron chi connectivity index (χ0n) is 19.2. The molecule has 12 nitrogen and oxygen atoms in total. The molecule has 1 aromatic heterocycles. The van der Waals surface area contributed by atoms with Crippen molar-refractivity contribution in [2.75, 3.05) is 6.61 Å². The van der Waals surface area contributed by atoms with Crippen LogP contribution in [0.1, 0.15) is 12.0 Å². The van der Waals surface area contributed by atoms with Crippen LogP contribution in [-0.2, 0) is 30.3 Å². The van der Waals surface area contributed by atoms with Crippen LogP contribution in [-0.4, -0.2) is 86.2 Å². The zero-order valence-corrected chi connectivity index (χ0v) is 19.2. The van der Waals surface area contributed by atoms with Gasteiger partial charge in [-0.1, -0.05) is 18.2 Å². The number of hydrogen-bond acceptors (Lipinski definition) is 9. The molecule has 3 heterocycles. The number of rotatable bonds is 10. The molecule has 6 N–H and O–H groups in total. The first-order chi connectivity index (χ1) is 17.2. The van der Waals surface area contributed by atoms with Gasteiger partial charge in [0.05, 0.1) is 24.4 Å². The van der Waals surface area contributed by atoms with E-state index < -0.39 is 67.4 Å². The van der Waals surface area contributed by atoms with Gasteiger partial charge in [0.15, 0.2) is 25.2 Å². The molecule has 12 heteroatoms. The third-order valence-corrected chi connectivity index (χ3v) is 6.01. The van der Waals surface area contributed by atoms with Crippen molar-refractivity contribution in [2.24, 2.45) is 11.8 Å². The van der Waals surface area contributed by atoms with E-state index >= 15 is 0 Å². The van der Waals surface area contributed by atoms with Gasteiger partial charge in [0.25, 0.3) is 0 Å². The van der Waals surface area contributed by atoms with Gasteiger partial charge in [0.2, 0.25) is 6.29 Å². The number of pyridine rings is 1. The van der Waals surface area contributed by atoms with E-state index in [-0.39, 0.29) is 18.5 Å². The summed E-state index contributed by atoms with van der Waals surface area (Å²) in [4.78, 5) is 22.7. The van der Waals surface area contributed by atoms with E-state index in [4.69, 9.17) is 19.3 Å². The predicted octanol–water partition coefficient (Wildman–Crippen LogP) is -0.978. The number of carbonyl (C=O) groups is 2. The summed E-state index contributed by atoms with van der Waals surface area (Å²) in [6.45, 7) is 3.38. The number of allylic oxidation sites excluding steroid dienone is 1. The fourth-order valence-corrected chi connectivity index (χ4v) is 4.02. The van der Waals surface area contributed by atoms with Crippen molar-refractivity contribution >= 4 is 18.0 Å². The number of nitrogens with zero attached hydrogens (tertiary/aromatic N) is 1. The van der Waals surface area contributed by atoms with E-state index in [1.165, 1.54) is 6.08 Å². The molecule has 0 unspecified atom stereocenters. The number of carboxylic acid groups (broad SMARTS) is 2. The summed E-state index contributed by atoms with van der Waals surface area (Å²) in [6.07, 6.45) is 0.373. The van der Waals surface area contributed by atoms with Crippen LogP contribution in [0, 0.1) is 11.8 Å².